The van der Waals surface area contributed by atoms with Crippen LogP contribution in [0, 0.1) is 0 Å². The molecule has 0 unspecified atom stereocenters. The van der Waals surface area contributed by atoms with Gasteiger partial charge in [-0.3, -0.25) is 0 Å². The SMILES string of the molecule is COC(=O)c1cc(Br)ccc1-c1ccco1. The van der Waals surface area contributed by atoms with E-state index in [4.69, 9.17) is 9.15 Å². The van der Waals surface area contributed by atoms with Crippen molar-refractivity contribution in [2.24, 2.45) is 0 Å². The number of furan rings is 1. The van der Waals surface area contributed by atoms with Crippen LogP contribution < -0.4 is 0 Å². The summed E-state index contributed by atoms with van der Waals surface area (Å²) in [5.74, 6) is 0.264. The summed E-state index contributed by atoms with van der Waals surface area (Å²) in [6.45, 7) is 0. The molecule has 0 aliphatic carbocycles. The first-order valence-corrected chi connectivity index (χ1v) is 5.43. The minimum atomic E-state index is -0.382. The third-order valence-corrected chi connectivity index (χ3v) is 2.67. The predicted molar refractivity (Wildman–Crippen MR) is 63.2 cm³/mol. The Labute approximate surface area is 101 Å². The summed E-state index contributed by atoms with van der Waals surface area (Å²) in [6.07, 6.45) is 1.57. The number of carbonyl (C=O) groups is 1. The van der Waals surface area contributed by atoms with Crippen molar-refractivity contribution >= 4 is 21.9 Å². The van der Waals surface area contributed by atoms with Gasteiger partial charge in [0.25, 0.3) is 0 Å². The molecule has 1 aromatic carbocycles. The molecule has 0 spiro atoms. The van der Waals surface area contributed by atoms with E-state index < -0.39 is 0 Å². The summed E-state index contributed by atoms with van der Waals surface area (Å²) in [4.78, 5) is 11.6. The van der Waals surface area contributed by atoms with Gasteiger partial charge in [-0.05, 0) is 30.3 Å². The van der Waals surface area contributed by atoms with E-state index in [1.165, 1.54) is 7.11 Å². The molecule has 0 fully saturated rings. The number of carbonyl (C=O) groups excluding carboxylic acids is 1. The minimum absolute atomic E-state index is 0.382. The summed E-state index contributed by atoms with van der Waals surface area (Å²) in [5.41, 5.74) is 1.20. The molecule has 0 bridgehead atoms. The fraction of sp³-hybridized carbons (Fsp3) is 0.0833. The van der Waals surface area contributed by atoms with E-state index in [0.717, 1.165) is 10.0 Å². The maximum absolute atomic E-state index is 11.6. The van der Waals surface area contributed by atoms with Gasteiger partial charge in [-0.2, -0.15) is 0 Å². The second-order valence-electron chi connectivity index (χ2n) is 3.16. The summed E-state index contributed by atoms with van der Waals surface area (Å²) in [7, 11) is 1.36. The molecule has 0 N–H and O–H groups in total. The molecular weight excluding hydrogens is 272 g/mol. The molecule has 3 nitrogen and oxygen atoms in total. The molecule has 1 heterocycles. The molecule has 0 saturated heterocycles. The fourth-order valence-corrected chi connectivity index (χ4v) is 1.80. The molecule has 0 radical (unpaired) electrons. The van der Waals surface area contributed by atoms with Gasteiger partial charge < -0.3 is 9.15 Å². The Morgan fingerprint density at radius 2 is 2.19 bits per heavy atom. The number of hydrogen-bond donors (Lipinski definition) is 0. The average molecular weight is 281 g/mol. The first kappa shape index (κ1) is 11.0. The van der Waals surface area contributed by atoms with Crippen LogP contribution in [-0.2, 0) is 4.74 Å². The van der Waals surface area contributed by atoms with Gasteiger partial charge in [0, 0.05) is 10.0 Å². The van der Waals surface area contributed by atoms with E-state index in [-0.39, 0.29) is 5.97 Å². The quantitative estimate of drug-likeness (QED) is 0.791. The highest BCUT2D eigenvalue weighted by molar-refractivity contribution is 9.10. The van der Waals surface area contributed by atoms with Crippen LogP contribution in [0.1, 0.15) is 10.4 Å². The Morgan fingerprint density at radius 3 is 2.81 bits per heavy atom. The standard InChI is InChI=1S/C12H9BrO3/c1-15-12(14)10-7-8(13)4-5-9(10)11-3-2-6-16-11/h2-7H,1H3. The van der Waals surface area contributed by atoms with Crippen LogP contribution in [0.25, 0.3) is 11.3 Å². The molecule has 16 heavy (non-hydrogen) atoms. The lowest BCUT2D eigenvalue weighted by atomic mass is 10.1. The van der Waals surface area contributed by atoms with Gasteiger partial charge in [-0.15, -0.1) is 0 Å². The van der Waals surface area contributed by atoms with Crippen LogP contribution in [0.2, 0.25) is 0 Å². The number of esters is 1. The highest BCUT2D eigenvalue weighted by Crippen LogP contribution is 2.27. The molecular formula is C12H9BrO3. The van der Waals surface area contributed by atoms with Crippen LogP contribution in [0.3, 0.4) is 0 Å². The summed E-state index contributed by atoms with van der Waals surface area (Å²) in [6, 6.07) is 8.96. The van der Waals surface area contributed by atoms with E-state index in [2.05, 4.69) is 15.9 Å². The van der Waals surface area contributed by atoms with E-state index >= 15 is 0 Å². The molecule has 0 amide bonds. The van der Waals surface area contributed by atoms with Crippen molar-refractivity contribution in [1.82, 2.24) is 0 Å². The Kier molecular flexibility index (Phi) is 3.10. The van der Waals surface area contributed by atoms with Crippen LogP contribution in [0.4, 0.5) is 0 Å². The summed E-state index contributed by atoms with van der Waals surface area (Å²) < 4.78 is 10.8. The minimum Gasteiger partial charge on any atom is -0.465 e. The number of hydrogen-bond acceptors (Lipinski definition) is 3. The zero-order valence-electron chi connectivity index (χ0n) is 8.57. The van der Waals surface area contributed by atoms with Gasteiger partial charge >= 0.3 is 5.97 Å². The number of halogens is 1. The average Bonchev–Trinajstić information content (AvgIpc) is 2.81. The summed E-state index contributed by atoms with van der Waals surface area (Å²) in [5, 5.41) is 0. The first-order valence-electron chi connectivity index (χ1n) is 4.64. The van der Waals surface area contributed by atoms with Crippen LogP contribution >= 0.6 is 15.9 Å². The number of methoxy groups -OCH3 is 1. The number of rotatable bonds is 2. The molecule has 82 valence electrons. The van der Waals surface area contributed by atoms with Crippen LogP contribution in [0.5, 0.6) is 0 Å². The predicted octanol–water partition coefficient (Wildman–Crippen LogP) is 3.50. The molecule has 0 aliphatic heterocycles. The summed E-state index contributed by atoms with van der Waals surface area (Å²) >= 11 is 3.32. The largest absolute Gasteiger partial charge is 0.465 e. The smallest absolute Gasteiger partial charge is 0.338 e. The van der Waals surface area contributed by atoms with E-state index in [1.54, 1.807) is 24.5 Å². The molecule has 0 saturated carbocycles. The Hall–Kier alpha value is -1.55. The monoisotopic (exact) mass is 280 g/mol. The van der Waals surface area contributed by atoms with Crippen molar-refractivity contribution in [2.45, 2.75) is 0 Å². The Bertz CT molecular complexity index is 503. The third kappa shape index (κ3) is 2.02. The van der Waals surface area contributed by atoms with Gasteiger partial charge in [0.2, 0.25) is 0 Å². The van der Waals surface area contributed by atoms with Gasteiger partial charge in [-0.25, -0.2) is 4.79 Å². The van der Waals surface area contributed by atoms with Crippen molar-refractivity contribution in [3.05, 3.63) is 46.6 Å². The Morgan fingerprint density at radius 1 is 1.38 bits per heavy atom. The zero-order valence-corrected chi connectivity index (χ0v) is 10.2. The molecule has 1 aromatic heterocycles. The lowest BCUT2D eigenvalue weighted by Crippen LogP contribution is -2.03. The topological polar surface area (TPSA) is 39.4 Å². The van der Waals surface area contributed by atoms with Gasteiger partial charge in [0.1, 0.15) is 5.76 Å². The van der Waals surface area contributed by atoms with Crippen LogP contribution in [0.15, 0.2) is 45.5 Å². The number of benzene rings is 1. The van der Waals surface area contributed by atoms with Crippen molar-refractivity contribution in [3.8, 4) is 11.3 Å². The van der Waals surface area contributed by atoms with Crippen LogP contribution in [-0.4, -0.2) is 13.1 Å². The fourth-order valence-electron chi connectivity index (χ4n) is 1.44. The lowest BCUT2D eigenvalue weighted by Gasteiger charge is -2.05. The van der Waals surface area contributed by atoms with E-state index in [0.29, 0.717) is 11.3 Å². The highest BCUT2D eigenvalue weighted by Gasteiger charge is 2.15. The zero-order chi connectivity index (χ0) is 11.5. The second-order valence-corrected chi connectivity index (χ2v) is 4.07. The molecule has 0 aliphatic rings. The van der Waals surface area contributed by atoms with E-state index in [9.17, 15) is 4.79 Å². The normalized spacial score (nSPS) is 10.1. The van der Waals surface area contributed by atoms with Gasteiger partial charge in [-0.1, -0.05) is 15.9 Å². The molecule has 4 heteroatoms. The van der Waals surface area contributed by atoms with Crippen molar-refractivity contribution in [2.75, 3.05) is 7.11 Å². The molecule has 2 rings (SSSR count). The van der Waals surface area contributed by atoms with Crippen molar-refractivity contribution < 1.29 is 13.9 Å². The number of ether oxygens (including phenoxy) is 1. The van der Waals surface area contributed by atoms with Crippen molar-refractivity contribution in [1.29, 1.82) is 0 Å². The Balaban J connectivity index is 2.57. The maximum Gasteiger partial charge on any atom is 0.338 e. The maximum atomic E-state index is 11.6. The molecule has 0 atom stereocenters. The van der Waals surface area contributed by atoms with E-state index in [1.807, 2.05) is 12.1 Å². The molecule has 2 aromatic rings. The second kappa shape index (κ2) is 4.53. The van der Waals surface area contributed by atoms with Crippen molar-refractivity contribution in [3.63, 3.8) is 0 Å². The van der Waals surface area contributed by atoms with Gasteiger partial charge in [0.05, 0.1) is 18.9 Å². The highest BCUT2D eigenvalue weighted by atomic mass is 79.9. The van der Waals surface area contributed by atoms with Gasteiger partial charge in [0.15, 0.2) is 0 Å². The lowest BCUT2D eigenvalue weighted by molar-refractivity contribution is 0.0601. The third-order valence-electron chi connectivity index (χ3n) is 2.17. The first-order chi connectivity index (χ1) is 7.72.